The maximum absolute atomic E-state index is 12.8. The Morgan fingerprint density at radius 3 is 2.50 bits per heavy atom. The van der Waals surface area contributed by atoms with Crippen molar-refractivity contribution in [2.24, 2.45) is 5.92 Å². The van der Waals surface area contributed by atoms with Crippen molar-refractivity contribution < 1.29 is 14.3 Å². The first-order valence-corrected chi connectivity index (χ1v) is 10.8. The van der Waals surface area contributed by atoms with Crippen LogP contribution < -0.4 is 9.47 Å². The zero-order valence-corrected chi connectivity index (χ0v) is 19.0. The minimum Gasteiger partial charge on any atom is -0.493 e. The van der Waals surface area contributed by atoms with Gasteiger partial charge in [-0.15, -0.1) is 0 Å². The number of aromatic nitrogens is 2. The highest BCUT2D eigenvalue weighted by molar-refractivity contribution is 5.93. The first-order chi connectivity index (χ1) is 15.5. The van der Waals surface area contributed by atoms with Crippen LogP contribution in [0.5, 0.6) is 11.5 Å². The molecule has 1 aliphatic rings. The number of likely N-dealkylation sites (N-methyl/N-ethyl adjacent to an activating group) is 1. The molecule has 1 aliphatic carbocycles. The van der Waals surface area contributed by atoms with Gasteiger partial charge < -0.3 is 14.4 Å². The Morgan fingerprint density at radius 2 is 1.84 bits per heavy atom. The van der Waals surface area contributed by atoms with E-state index in [0.29, 0.717) is 17.4 Å². The van der Waals surface area contributed by atoms with Crippen LogP contribution >= 0.6 is 0 Å². The average molecular weight is 432 g/mol. The van der Waals surface area contributed by atoms with Gasteiger partial charge in [-0.2, -0.15) is 5.10 Å². The molecule has 0 N–H and O–H groups in total. The third-order valence-electron chi connectivity index (χ3n) is 6.09. The van der Waals surface area contributed by atoms with Crippen molar-refractivity contribution in [3.63, 3.8) is 0 Å². The number of benzene rings is 2. The Balaban J connectivity index is 1.70. The van der Waals surface area contributed by atoms with Gasteiger partial charge in [-0.1, -0.05) is 18.2 Å². The first kappa shape index (κ1) is 21.7. The molecule has 0 radical (unpaired) electrons. The van der Waals surface area contributed by atoms with Crippen molar-refractivity contribution >= 4 is 12.0 Å². The summed E-state index contributed by atoms with van der Waals surface area (Å²) in [6, 6.07) is 15.9. The fourth-order valence-electron chi connectivity index (χ4n) is 3.80. The van der Waals surface area contributed by atoms with Gasteiger partial charge in [0, 0.05) is 36.5 Å². The Bertz CT molecular complexity index is 1120. The molecule has 1 aromatic heterocycles. The Kier molecular flexibility index (Phi) is 6.30. The molecular weight excluding hydrogens is 402 g/mol. The lowest BCUT2D eigenvalue weighted by Crippen LogP contribution is -2.35. The molecule has 0 saturated heterocycles. The highest BCUT2D eigenvalue weighted by atomic mass is 16.5. The average Bonchev–Trinajstić information content (AvgIpc) is 3.60. The minimum atomic E-state index is -0.00452. The van der Waals surface area contributed by atoms with E-state index in [1.807, 2.05) is 77.4 Å². The summed E-state index contributed by atoms with van der Waals surface area (Å²) in [6.07, 6.45) is 7.83. The second-order valence-electron chi connectivity index (χ2n) is 8.14. The molecule has 2 aromatic carbocycles. The number of rotatable bonds is 8. The van der Waals surface area contributed by atoms with Gasteiger partial charge in [0.05, 0.1) is 19.9 Å². The molecule has 0 bridgehead atoms. The number of amides is 1. The van der Waals surface area contributed by atoms with Gasteiger partial charge in [0.15, 0.2) is 11.5 Å². The quantitative estimate of drug-likeness (QED) is 0.480. The molecule has 1 atom stereocenters. The van der Waals surface area contributed by atoms with Crippen LogP contribution in [0, 0.1) is 5.92 Å². The summed E-state index contributed by atoms with van der Waals surface area (Å²) < 4.78 is 12.7. The molecule has 0 aliphatic heterocycles. The zero-order chi connectivity index (χ0) is 22.7. The normalized spacial score (nSPS) is 14.4. The number of methoxy groups -OCH3 is 2. The van der Waals surface area contributed by atoms with Crippen molar-refractivity contribution in [1.29, 1.82) is 0 Å². The summed E-state index contributed by atoms with van der Waals surface area (Å²) in [5.41, 5.74) is 3.43. The van der Waals surface area contributed by atoms with E-state index in [0.717, 1.165) is 22.5 Å². The summed E-state index contributed by atoms with van der Waals surface area (Å²) >= 11 is 0. The number of para-hydroxylation sites is 1. The van der Waals surface area contributed by atoms with E-state index in [-0.39, 0.29) is 11.9 Å². The molecule has 3 aromatic rings. The summed E-state index contributed by atoms with van der Waals surface area (Å²) in [5.74, 6) is 1.90. The smallest absolute Gasteiger partial charge is 0.246 e. The van der Waals surface area contributed by atoms with Crippen LogP contribution in [0.2, 0.25) is 0 Å². The lowest BCUT2D eigenvalue weighted by atomic mass is 10.1. The lowest BCUT2D eigenvalue weighted by Gasteiger charge is -2.23. The Hall–Kier alpha value is -3.54. The molecule has 6 heteroatoms. The number of ether oxygens (including phenoxy) is 2. The van der Waals surface area contributed by atoms with E-state index >= 15 is 0 Å². The first-order valence-electron chi connectivity index (χ1n) is 10.8. The van der Waals surface area contributed by atoms with Crippen LogP contribution in [-0.4, -0.2) is 47.9 Å². The summed E-state index contributed by atoms with van der Waals surface area (Å²) in [7, 11) is 5.10. The highest BCUT2D eigenvalue weighted by Crippen LogP contribution is 2.35. The monoisotopic (exact) mass is 431 g/mol. The second kappa shape index (κ2) is 9.30. The van der Waals surface area contributed by atoms with Crippen LogP contribution in [0.4, 0.5) is 0 Å². The van der Waals surface area contributed by atoms with Crippen LogP contribution in [0.3, 0.4) is 0 Å². The van der Waals surface area contributed by atoms with Crippen LogP contribution in [-0.2, 0) is 4.79 Å². The van der Waals surface area contributed by atoms with Crippen molar-refractivity contribution in [2.45, 2.75) is 25.8 Å². The van der Waals surface area contributed by atoms with E-state index in [9.17, 15) is 4.79 Å². The lowest BCUT2D eigenvalue weighted by molar-refractivity contribution is -0.126. The standard InChI is InChI=1S/C26H29N3O3/c1-18(19-10-11-19)28(2)25(30)15-13-21-17-29(22-8-6-5-7-9-22)27-26(21)20-12-14-23(31-3)24(16-20)32-4/h5-9,12-19H,10-11H2,1-4H3/b15-13+/t18-/m1/s1. The fourth-order valence-corrected chi connectivity index (χ4v) is 3.80. The van der Waals surface area contributed by atoms with Gasteiger partial charge in [-0.3, -0.25) is 4.79 Å². The number of hydrogen-bond donors (Lipinski definition) is 0. The summed E-state index contributed by atoms with van der Waals surface area (Å²) in [4.78, 5) is 14.6. The molecule has 32 heavy (non-hydrogen) atoms. The van der Waals surface area contributed by atoms with Gasteiger partial charge in [-0.25, -0.2) is 4.68 Å². The number of nitrogens with zero attached hydrogens (tertiary/aromatic N) is 3. The third-order valence-corrected chi connectivity index (χ3v) is 6.09. The maximum Gasteiger partial charge on any atom is 0.246 e. The molecule has 1 saturated carbocycles. The van der Waals surface area contributed by atoms with E-state index in [2.05, 4.69) is 6.92 Å². The van der Waals surface area contributed by atoms with Crippen molar-refractivity contribution in [3.05, 3.63) is 66.4 Å². The van der Waals surface area contributed by atoms with E-state index in [1.165, 1.54) is 12.8 Å². The van der Waals surface area contributed by atoms with Gasteiger partial charge in [0.25, 0.3) is 0 Å². The molecule has 1 heterocycles. The molecule has 6 nitrogen and oxygen atoms in total. The predicted molar refractivity (Wildman–Crippen MR) is 126 cm³/mol. The third kappa shape index (κ3) is 4.54. The molecule has 1 fully saturated rings. The minimum absolute atomic E-state index is 0.00452. The van der Waals surface area contributed by atoms with Crippen LogP contribution in [0.25, 0.3) is 23.0 Å². The topological polar surface area (TPSA) is 56.6 Å². The molecule has 4 rings (SSSR count). The molecule has 0 unspecified atom stereocenters. The zero-order valence-electron chi connectivity index (χ0n) is 19.0. The molecule has 166 valence electrons. The molecule has 1 amide bonds. The van der Waals surface area contributed by atoms with Gasteiger partial charge in [-0.05, 0) is 62.1 Å². The Labute approximate surface area is 189 Å². The fraction of sp³-hybridized carbons (Fsp3) is 0.308. The Morgan fingerprint density at radius 1 is 1.12 bits per heavy atom. The van der Waals surface area contributed by atoms with E-state index in [4.69, 9.17) is 14.6 Å². The highest BCUT2D eigenvalue weighted by Gasteiger charge is 2.31. The second-order valence-corrected chi connectivity index (χ2v) is 8.14. The van der Waals surface area contributed by atoms with Crippen molar-refractivity contribution in [1.82, 2.24) is 14.7 Å². The van der Waals surface area contributed by atoms with Crippen molar-refractivity contribution in [3.8, 4) is 28.4 Å². The SMILES string of the molecule is COc1ccc(-c2nn(-c3ccccc3)cc2/C=C/C(=O)N(C)[C@H](C)C2CC2)cc1OC. The van der Waals surface area contributed by atoms with Crippen LogP contribution in [0.15, 0.2) is 60.8 Å². The van der Waals surface area contributed by atoms with E-state index in [1.54, 1.807) is 20.3 Å². The summed E-state index contributed by atoms with van der Waals surface area (Å²) in [6.45, 7) is 2.12. The van der Waals surface area contributed by atoms with Crippen LogP contribution in [0.1, 0.15) is 25.3 Å². The number of carbonyl (C=O) groups is 1. The maximum atomic E-state index is 12.8. The largest absolute Gasteiger partial charge is 0.493 e. The molecular formula is C26H29N3O3. The number of carbonyl (C=O) groups excluding carboxylic acids is 1. The summed E-state index contributed by atoms with van der Waals surface area (Å²) in [5, 5.41) is 4.82. The van der Waals surface area contributed by atoms with Gasteiger partial charge >= 0.3 is 0 Å². The molecule has 0 spiro atoms. The van der Waals surface area contributed by atoms with Gasteiger partial charge in [0.1, 0.15) is 5.69 Å². The number of hydrogen-bond acceptors (Lipinski definition) is 4. The van der Waals surface area contributed by atoms with E-state index < -0.39 is 0 Å². The predicted octanol–water partition coefficient (Wildman–Crippen LogP) is 4.83. The van der Waals surface area contributed by atoms with Gasteiger partial charge in [0.2, 0.25) is 5.91 Å². The van der Waals surface area contributed by atoms with Crippen molar-refractivity contribution in [2.75, 3.05) is 21.3 Å².